The first-order valence-corrected chi connectivity index (χ1v) is 6.75. The van der Waals surface area contributed by atoms with Crippen LogP contribution in [0.15, 0.2) is 48.8 Å². The summed E-state index contributed by atoms with van der Waals surface area (Å²) in [5, 5.41) is 11.8. The van der Waals surface area contributed by atoms with Crippen LogP contribution < -0.4 is 10.1 Å². The van der Waals surface area contributed by atoms with Gasteiger partial charge in [0, 0.05) is 12.4 Å². The summed E-state index contributed by atoms with van der Waals surface area (Å²) in [6.45, 7) is 0. The predicted molar refractivity (Wildman–Crippen MR) is 83.1 cm³/mol. The van der Waals surface area contributed by atoms with Crippen LogP contribution in [-0.4, -0.2) is 33.5 Å². The van der Waals surface area contributed by atoms with Gasteiger partial charge < -0.3 is 19.6 Å². The number of imidazole rings is 1. The van der Waals surface area contributed by atoms with E-state index >= 15 is 0 Å². The highest BCUT2D eigenvalue weighted by Crippen LogP contribution is 2.22. The van der Waals surface area contributed by atoms with Crippen molar-refractivity contribution in [2.75, 3.05) is 12.4 Å². The van der Waals surface area contributed by atoms with E-state index in [1.165, 1.54) is 19.2 Å². The van der Waals surface area contributed by atoms with Gasteiger partial charge in [0.2, 0.25) is 0 Å². The number of anilines is 1. The van der Waals surface area contributed by atoms with E-state index in [0.717, 1.165) is 0 Å². The van der Waals surface area contributed by atoms with E-state index in [2.05, 4.69) is 10.3 Å². The van der Waals surface area contributed by atoms with Crippen LogP contribution in [-0.2, 0) is 0 Å². The van der Waals surface area contributed by atoms with E-state index in [-0.39, 0.29) is 16.9 Å². The van der Waals surface area contributed by atoms with Crippen molar-refractivity contribution in [3.63, 3.8) is 0 Å². The van der Waals surface area contributed by atoms with Crippen molar-refractivity contribution in [2.45, 2.75) is 0 Å². The number of amides is 1. The summed E-state index contributed by atoms with van der Waals surface area (Å²) in [7, 11) is 1.44. The van der Waals surface area contributed by atoms with Gasteiger partial charge in [0.1, 0.15) is 17.1 Å². The summed E-state index contributed by atoms with van der Waals surface area (Å²) in [6.07, 6.45) is 3.35. The van der Waals surface area contributed by atoms with Crippen LogP contribution >= 0.6 is 0 Å². The number of carboxylic acid groups (broad SMARTS) is 1. The number of carbonyl (C=O) groups excluding carboxylic acids is 1. The second-order valence-corrected chi connectivity index (χ2v) is 4.76. The highest BCUT2D eigenvalue weighted by molar-refractivity contribution is 6.07. The number of aromatic carboxylic acids is 1. The van der Waals surface area contributed by atoms with Crippen molar-refractivity contribution in [1.29, 1.82) is 0 Å². The van der Waals surface area contributed by atoms with Crippen LogP contribution in [0.25, 0.3) is 5.65 Å². The van der Waals surface area contributed by atoms with Gasteiger partial charge in [0.05, 0.1) is 18.4 Å². The molecule has 0 bridgehead atoms. The van der Waals surface area contributed by atoms with E-state index in [1.54, 1.807) is 28.9 Å². The van der Waals surface area contributed by atoms with E-state index in [1.807, 2.05) is 12.1 Å². The second kappa shape index (κ2) is 5.80. The fourth-order valence-corrected chi connectivity index (χ4v) is 2.17. The molecule has 0 aliphatic heterocycles. The van der Waals surface area contributed by atoms with Crippen LogP contribution in [0.2, 0.25) is 0 Å². The van der Waals surface area contributed by atoms with E-state index < -0.39 is 11.9 Å². The lowest BCUT2D eigenvalue weighted by molar-refractivity contribution is 0.0697. The number of aromatic nitrogens is 2. The third-order valence-corrected chi connectivity index (χ3v) is 3.30. The normalized spacial score (nSPS) is 10.5. The minimum atomic E-state index is -1.16. The molecule has 1 amide bonds. The second-order valence-electron chi connectivity index (χ2n) is 4.76. The van der Waals surface area contributed by atoms with Crippen molar-refractivity contribution in [3.05, 3.63) is 60.0 Å². The van der Waals surface area contributed by atoms with Crippen molar-refractivity contribution in [2.24, 2.45) is 0 Å². The number of fused-ring (bicyclic) bond motifs is 1. The Hall–Kier alpha value is -3.35. The topological polar surface area (TPSA) is 92.9 Å². The molecular weight excluding hydrogens is 298 g/mol. The Morgan fingerprint density at radius 2 is 2.09 bits per heavy atom. The Morgan fingerprint density at radius 3 is 2.78 bits per heavy atom. The minimum absolute atomic E-state index is 0.0542. The van der Waals surface area contributed by atoms with Crippen LogP contribution in [0.3, 0.4) is 0 Å². The maximum absolute atomic E-state index is 12.3. The van der Waals surface area contributed by atoms with Gasteiger partial charge in [-0.25, -0.2) is 9.78 Å². The van der Waals surface area contributed by atoms with E-state index in [9.17, 15) is 14.7 Å². The molecule has 0 aliphatic rings. The number of carboxylic acids is 1. The number of ether oxygens (including phenoxy) is 1. The summed E-state index contributed by atoms with van der Waals surface area (Å²) < 4.78 is 6.71. The zero-order valence-electron chi connectivity index (χ0n) is 12.2. The summed E-state index contributed by atoms with van der Waals surface area (Å²) in [5.41, 5.74) is 0.955. The first kappa shape index (κ1) is 14.6. The van der Waals surface area contributed by atoms with Crippen molar-refractivity contribution >= 4 is 23.2 Å². The van der Waals surface area contributed by atoms with Crippen LogP contribution in [0.5, 0.6) is 5.75 Å². The van der Waals surface area contributed by atoms with Crippen molar-refractivity contribution in [3.8, 4) is 5.75 Å². The summed E-state index contributed by atoms with van der Waals surface area (Å²) in [5.74, 6) is -1.25. The molecule has 116 valence electrons. The molecule has 0 spiro atoms. The number of carbonyl (C=O) groups is 2. The molecule has 0 radical (unpaired) electrons. The molecule has 0 atom stereocenters. The number of rotatable bonds is 4. The molecule has 1 aromatic carbocycles. The lowest BCUT2D eigenvalue weighted by Gasteiger charge is -2.09. The molecule has 2 aromatic heterocycles. The SMILES string of the molecule is COc1ccc(NC(=O)c2cn3ccccc3n2)c(C(=O)O)c1. The lowest BCUT2D eigenvalue weighted by atomic mass is 10.1. The molecule has 0 saturated heterocycles. The van der Waals surface area contributed by atoms with Gasteiger partial charge in [-0.2, -0.15) is 0 Å². The van der Waals surface area contributed by atoms with Crippen LogP contribution in [0, 0.1) is 0 Å². The lowest BCUT2D eigenvalue weighted by Crippen LogP contribution is -2.15. The predicted octanol–water partition coefficient (Wildman–Crippen LogP) is 2.29. The number of nitrogens with zero attached hydrogens (tertiary/aromatic N) is 2. The van der Waals surface area contributed by atoms with Crippen molar-refractivity contribution < 1.29 is 19.4 Å². The number of hydrogen-bond donors (Lipinski definition) is 2. The fraction of sp³-hybridized carbons (Fsp3) is 0.0625. The van der Waals surface area contributed by atoms with Gasteiger partial charge in [-0.05, 0) is 30.3 Å². The first-order valence-electron chi connectivity index (χ1n) is 6.75. The first-order chi connectivity index (χ1) is 11.1. The Balaban J connectivity index is 1.91. The maximum atomic E-state index is 12.3. The van der Waals surface area contributed by atoms with Crippen LogP contribution in [0.1, 0.15) is 20.8 Å². The Labute approximate surface area is 131 Å². The van der Waals surface area contributed by atoms with Gasteiger partial charge in [0.15, 0.2) is 0 Å². The molecule has 3 aromatic rings. The summed E-state index contributed by atoms with van der Waals surface area (Å²) in [4.78, 5) is 27.8. The number of nitrogens with one attached hydrogen (secondary N) is 1. The fourth-order valence-electron chi connectivity index (χ4n) is 2.17. The number of hydrogen-bond acceptors (Lipinski definition) is 4. The molecule has 0 unspecified atom stereocenters. The largest absolute Gasteiger partial charge is 0.497 e. The summed E-state index contributed by atoms with van der Waals surface area (Å²) in [6, 6.07) is 9.81. The standard InChI is InChI=1S/C16H13N3O4/c1-23-10-5-6-12(11(8-10)16(21)22)18-15(20)13-9-19-7-3-2-4-14(19)17-13/h2-9H,1H3,(H,18,20)(H,21,22). The number of benzene rings is 1. The van der Waals surface area contributed by atoms with Gasteiger partial charge in [-0.1, -0.05) is 6.07 Å². The molecule has 0 aliphatic carbocycles. The van der Waals surface area contributed by atoms with Crippen LogP contribution in [0.4, 0.5) is 5.69 Å². The number of methoxy groups -OCH3 is 1. The smallest absolute Gasteiger partial charge is 0.337 e. The van der Waals surface area contributed by atoms with Gasteiger partial charge in [-0.3, -0.25) is 4.79 Å². The molecule has 0 saturated carbocycles. The number of pyridine rings is 1. The Morgan fingerprint density at radius 1 is 1.26 bits per heavy atom. The molecule has 2 N–H and O–H groups in total. The average molecular weight is 311 g/mol. The molecule has 0 fully saturated rings. The Kier molecular flexibility index (Phi) is 3.68. The highest BCUT2D eigenvalue weighted by atomic mass is 16.5. The third-order valence-electron chi connectivity index (χ3n) is 3.30. The average Bonchev–Trinajstić information content (AvgIpc) is 2.99. The molecule has 23 heavy (non-hydrogen) atoms. The van der Waals surface area contributed by atoms with E-state index in [4.69, 9.17) is 4.74 Å². The third kappa shape index (κ3) is 2.84. The van der Waals surface area contributed by atoms with Gasteiger partial charge in [0.25, 0.3) is 5.91 Å². The van der Waals surface area contributed by atoms with Crippen molar-refractivity contribution in [1.82, 2.24) is 9.38 Å². The molecule has 7 nitrogen and oxygen atoms in total. The molecule has 3 rings (SSSR count). The maximum Gasteiger partial charge on any atom is 0.337 e. The zero-order chi connectivity index (χ0) is 16.4. The monoisotopic (exact) mass is 311 g/mol. The zero-order valence-corrected chi connectivity index (χ0v) is 12.2. The van der Waals surface area contributed by atoms with E-state index in [0.29, 0.717) is 11.4 Å². The minimum Gasteiger partial charge on any atom is -0.497 e. The molecule has 2 heterocycles. The quantitative estimate of drug-likeness (QED) is 0.771. The molecule has 7 heteroatoms. The molecular formula is C16H13N3O4. The highest BCUT2D eigenvalue weighted by Gasteiger charge is 2.16. The summed E-state index contributed by atoms with van der Waals surface area (Å²) >= 11 is 0. The van der Waals surface area contributed by atoms with Gasteiger partial charge in [-0.15, -0.1) is 0 Å². The van der Waals surface area contributed by atoms with Gasteiger partial charge >= 0.3 is 5.97 Å². The Bertz CT molecular complexity index is 868.